The van der Waals surface area contributed by atoms with Crippen LogP contribution in [0.15, 0.2) is 34.0 Å². The second kappa shape index (κ2) is 5.85. The number of fused-ring (bicyclic) bond motifs is 2. The molecule has 2 N–H and O–H groups in total. The van der Waals surface area contributed by atoms with Crippen LogP contribution in [0.4, 0.5) is 10.2 Å². The summed E-state index contributed by atoms with van der Waals surface area (Å²) < 4.78 is 39.1. The molecule has 0 aliphatic carbocycles. The Morgan fingerprint density at radius 1 is 1.25 bits per heavy atom. The van der Waals surface area contributed by atoms with Crippen molar-refractivity contribution in [2.75, 3.05) is 5.73 Å². The van der Waals surface area contributed by atoms with Crippen molar-refractivity contribution in [3.05, 3.63) is 30.3 Å². The molecule has 3 aromatic heterocycles. The van der Waals surface area contributed by atoms with Gasteiger partial charge in [0, 0.05) is 0 Å². The summed E-state index contributed by atoms with van der Waals surface area (Å²) in [7, 11) is 0. The van der Waals surface area contributed by atoms with Crippen molar-refractivity contribution in [3.8, 4) is 0 Å². The molecule has 0 bridgehead atoms. The monoisotopic (exact) mass is 397 g/mol. The average molecular weight is 397 g/mol. The molecule has 8 nitrogen and oxygen atoms in total. The molecule has 4 rings (SSSR count). The fraction of sp³-hybridized carbons (Fsp3) is 0. The third-order valence-corrected chi connectivity index (χ3v) is 6.73. The molecule has 3 heterocycles. The van der Waals surface area contributed by atoms with Crippen molar-refractivity contribution >= 4 is 50.3 Å². The maximum atomic E-state index is 13.8. The van der Waals surface area contributed by atoms with Gasteiger partial charge in [0.2, 0.25) is 0 Å². The van der Waals surface area contributed by atoms with Crippen molar-refractivity contribution in [2.45, 2.75) is 9.50 Å². The van der Waals surface area contributed by atoms with Gasteiger partial charge in [0.1, 0.15) is 0 Å². The first kappa shape index (κ1) is 15.6. The van der Waals surface area contributed by atoms with Crippen LogP contribution in [0.25, 0.3) is 21.4 Å². The topological polar surface area (TPSA) is 117 Å². The van der Waals surface area contributed by atoms with Crippen molar-refractivity contribution in [2.24, 2.45) is 0 Å². The number of anilines is 1. The molecule has 119 valence electrons. The van der Waals surface area contributed by atoms with Crippen LogP contribution in [0.2, 0.25) is 0 Å². The van der Waals surface area contributed by atoms with Gasteiger partial charge in [-0.25, -0.2) is 0 Å². The molecule has 4 aromatic rings. The van der Waals surface area contributed by atoms with E-state index in [0.29, 0.717) is 14.6 Å². The van der Waals surface area contributed by atoms with Crippen LogP contribution in [-0.4, -0.2) is 23.0 Å². The first-order valence-corrected chi connectivity index (χ1v) is 10.1. The zero-order valence-corrected chi connectivity index (χ0v) is 14.8. The standard InChI is InChI=1S/C12H6FN6S2.2O.Ti/c13-5-2-1-3-6-8(5)20-12(17-6)21-11-18-7-9(14)15-4-16-10(7)19-11;;;/h1-4H,(H2-,14,15,16,18,19);;;/q-1;;;+1. The number of hydrogen-bond donors (Lipinski definition) is 1. The molecule has 24 heavy (non-hydrogen) atoms. The van der Waals surface area contributed by atoms with E-state index in [1.54, 1.807) is 12.1 Å². The van der Waals surface area contributed by atoms with E-state index in [9.17, 15) is 11.0 Å². The minimum atomic E-state index is -4.07. The SMILES string of the molecule is Nc1ncnc2c1nc(Sc1nc3cccc(F)c3s1)[n]2[Ti](=[O])=[O]. The second-order valence-electron chi connectivity index (χ2n) is 4.60. The molecule has 0 aliphatic heterocycles. The van der Waals surface area contributed by atoms with Gasteiger partial charge in [-0.1, -0.05) is 0 Å². The Morgan fingerprint density at radius 2 is 2.08 bits per heavy atom. The van der Waals surface area contributed by atoms with Crippen molar-refractivity contribution < 1.29 is 29.1 Å². The van der Waals surface area contributed by atoms with Crippen molar-refractivity contribution in [1.29, 1.82) is 0 Å². The van der Waals surface area contributed by atoms with E-state index in [1.165, 1.54) is 12.4 Å². The number of aromatic nitrogens is 5. The number of hydrogen-bond acceptors (Lipinski definition) is 9. The van der Waals surface area contributed by atoms with Gasteiger partial charge in [-0.2, -0.15) is 0 Å². The summed E-state index contributed by atoms with van der Waals surface area (Å²) in [6, 6.07) is 4.60. The van der Waals surface area contributed by atoms with Gasteiger partial charge >= 0.3 is 148 Å². The zero-order chi connectivity index (χ0) is 16.8. The first-order valence-electron chi connectivity index (χ1n) is 6.48. The predicted molar refractivity (Wildman–Crippen MR) is 80.2 cm³/mol. The van der Waals surface area contributed by atoms with Gasteiger partial charge in [0.25, 0.3) is 0 Å². The molecule has 0 saturated carbocycles. The van der Waals surface area contributed by atoms with E-state index in [1.807, 2.05) is 0 Å². The normalized spacial score (nSPS) is 11.4. The molecule has 0 aliphatic rings. The molecule has 12 heteroatoms. The zero-order valence-electron chi connectivity index (χ0n) is 11.6. The molecule has 0 spiro atoms. The number of nitrogens with zero attached hydrogens (tertiary/aromatic N) is 5. The van der Waals surface area contributed by atoms with E-state index in [4.69, 9.17) is 5.73 Å². The maximum absolute atomic E-state index is 13.8. The van der Waals surface area contributed by atoms with Crippen LogP contribution < -0.4 is 5.73 Å². The average Bonchev–Trinajstić information content (AvgIpc) is 3.10. The summed E-state index contributed by atoms with van der Waals surface area (Å²) in [5.41, 5.74) is 6.58. The van der Waals surface area contributed by atoms with Crippen LogP contribution >= 0.6 is 23.1 Å². The molecule has 1 aromatic carbocycles. The summed E-state index contributed by atoms with van der Waals surface area (Å²) in [4.78, 5) is 16.3. The fourth-order valence-electron chi connectivity index (χ4n) is 2.14. The van der Waals surface area contributed by atoms with Gasteiger partial charge in [-0.05, 0) is 0 Å². The summed E-state index contributed by atoms with van der Waals surface area (Å²) in [5.74, 6) is -0.280. The van der Waals surface area contributed by atoms with Crippen LogP contribution in [0, 0.1) is 5.82 Å². The molecule has 0 atom stereocenters. The van der Waals surface area contributed by atoms with Gasteiger partial charge in [-0.15, -0.1) is 0 Å². The molecular weight excluding hydrogens is 391 g/mol. The Kier molecular flexibility index (Phi) is 3.79. The second-order valence-corrected chi connectivity index (χ2v) is 8.34. The van der Waals surface area contributed by atoms with E-state index in [-0.39, 0.29) is 28.0 Å². The van der Waals surface area contributed by atoms with E-state index in [2.05, 4.69) is 19.9 Å². The third kappa shape index (κ3) is 2.49. The number of thiazole rings is 1. The fourth-order valence-corrected chi connectivity index (χ4v) is 5.47. The van der Waals surface area contributed by atoms with E-state index >= 15 is 0 Å². The molecule has 0 amide bonds. The van der Waals surface area contributed by atoms with Crippen LogP contribution in [0.5, 0.6) is 0 Å². The third-order valence-electron chi connectivity index (χ3n) is 3.15. The van der Waals surface area contributed by atoms with Gasteiger partial charge in [-0.3, -0.25) is 0 Å². The van der Waals surface area contributed by atoms with Crippen molar-refractivity contribution in [3.63, 3.8) is 0 Å². The number of imidazole rings is 1. The number of nitrogens with two attached hydrogens (primary N) is 1. The summed E-state index contributed by atoms with van der Waals surface area (Å²) in [6.45, 7) is 0. The first-order chi connectivity index (χ1) is 11.5. The molecule has 0 saturated heterocycles. The summed E-state index contributed by atoms with van der Waals surface area (Å²) in [5, 5.41) is 0.164. The Balaban J connectivity index is 1.88. The molecule has 0 unspecified atom stereocenters. The minimum absolute atomic E-state index is 0.0930. The Morgan fingerprint density at radius 3 is 2.83 bits per heavy atom. The Bertz CT molecular complexity index is 1160. The molecule has 0 fully saturated rings. The number of nitrogen functional groups attached to an aromatic ring is 1. The number of rotatable bonds is 3. The van der Waals surface area contributed by atoms with Gasteiger partial charge < -0.3 is 0 Å². The number of halogens is 1. The summed E-state index contributed by atoms with van der Waals surface area (Å²) in [6.07, 6.45) is 1.18. The van der Waals surface area contributed by atoms with Gasteiger partial charge in [0.15, 0.2) is 0 Å². The van der Waals surface area contributed by atoms with Crippen molar-refractivity contribution in [1.82, 2.24) is 23.0 Å². The molecular formula is C12H6FN6O2S2Ti. The van der Waals surface area contributed by atoms with Gasteiger partial charge in [0.05, 0.1) is 0 Å². The molecule has 0 radical (unpaired) electrons. The quantitative estimate of drug-likeness (QED) is 0.524. The van der Waals surface area contributed by atoms with Crippen LogP contribution in [0.3, 0.4) is 0 Å². The number of benzene rings is 1. The van der Waals surface area contributed by atoms with Crippen LogP contribution in [-0.2, 0) is 24.7 Å². The Labute approximate surface area is 147 Å². The van der Waals surface area contributed by atoms with Crippen LogP contribution in [0.1, 0.15) is 0 Å². The predicted octanol–water partition coefficient (Wildman–Crippen LogP) is 2.38. The van der Waals surface area contributed by atoms with E-state index < -0.39 is 18.1 Å². The summed E-state index contributed by atoms with van der Waals surface area (Å²) >= 11 is -1.93. The van der Waals surface area contributed by atoms with E-state index in [0.717, 1.165) is 26.1 Å². The Hall–Kier alpha value is -1.95.